The average Bonchev–Trinajstić information content (AvgIpc) is 3.46. The molecule has 0 aliphatic rings. The van der Waals surface area contributed by atoms with Crippen LogP contribution in [0.1, 0.15) is 32.2 Å². The van der Waals surface area contributed by atoms with E-state index in [4.69, 9.17) is 4.74 Å². The predicted molar refractivity (Wildman–Crippen MR) is 129 cm³/mol. The van der Waals surface area contributed by atoms with Gasteiger partial charge in [0.15, 0.2) is 16.7 Å². The Morgan fingerprint density at radius 1 is 1.09 bits per heavy atom. The highest BCUT2D eigenvalue weighted by molar-refractivity contribution is 7.15. The molecule has 174 valence electrons. The Morgan fingerprint density at radius 2 is 1.91 bits per heavy atom. The number of thiazole rings is 1. The number of carbonyl (C=O) groups is 2. The molecule has 0 saturated heterocycles. The van der Waals surface area contributed by atoms with Gasteiger partial charge in [0.2, 0.25) is 0 Å². The van der Waals surface area contributed by atoms with E-state index in [9.17, 15) is 9.59 Å². The first kappa shape index (κ1) is 23.1. The van der Waals surface area contributed by atoms with Crippen LogP contribution in [0.2, 0.25) is 0 Å². The van der Waals surface area contributed by atoms with Gasteiger partial charge in [-0.05, 0) is 48.0 Å². The molecule has 0 fully saturated rings. The van der Waals surface area contributed by atoms with E-state index >= 15 is 0 Å². The molecule has 11 heteroatoms. The first-order chi connectivity index (χ1) is 16.4. The van der Waals surface area contributed by atoms with E-state index in [0.29, 0.717) is 40.5 Å². The second-order valence-corrected chi connectivity index (χ2v) is 8.62. The van der Waals surface area contributed by atoms with Crippen molar-refractivity contribution in [3.63, 3.8) is 0 Å². The number of aryl methyl sites for hydroxylation is 4. The van der Waals surface area contributed by atoms with Gasteiger partial charge in [-0.2, -0.15) is 0 Å². The number of ketones is 1. The van der Waals surface area contributed by atoms with E-state index in [2.05, 4.69) is 31.1 Å². The Balaban J connectivity index is 1.45. The van der Waals surface area contributed by atoms with Crippen molar-refractivity contribution in [3.05, 3.63) is 76.1 Å². The molecule has 0 unspecified atom stereocenters. The fourth-order valence-electron chi connectivity index (χ4n) is 3.36. The Kier molecular flexibility index (Phi) is 6.93. The molecule has 0 saturated carbocycles. The van der Waals surface area contributed by atoms with Crippen LogP contribution in [0.4, 0.5) is 15.6 Å². The number of carbonyl (C=O) groups excluding carboxylic acids is 2. The van der Waals surface area contributed by atoms with Crippen LogP contribution in [-0.4, -0.2) is 44.1 Å². The maximum Gasteiger partial charge on any atom is 0.325 e. The van der Waals surface area contributed by atoms with Gasteiger partial charge < -0.3 is 10.1 Å². The smallest absolute Gasteiger partial charge is 0.325 e. The third-order valence-corrected chi connectivity index (χ3v) is 6.07. The zero-order chi connectivity index (χ0) is 24.1. The number of hydrogen-bond donors (Lipinski definition) is 2. The van der Waals surface area contributed by atoms with Gasteiger partial charge in [-0.25, -0.2) is 14.5 Å². The Hall–Kier alpha value is -4.12. The first-order valence-corrected chi connectivity index (χ1v) is 11.3. The van der Waals surface area contributed by atoms with Crippen molar-refractivity contribution in [2.45, 2.75) is 19.8 Å². The Labute approximate surface area is 200 Å². The zero-order valence-corrected chi connectivity index (χ0v) is 19.7. The van der Waals surface area contributed by atoms with Crippen molar-refractivity contribution in [1.82, 2.24) is 25.2 Å². The molecule has 2 aromatic heterocycles. The predicted octanol–water partition coefficient (Wildman–Crippen LogP) is 3.64. The van der Waals surface area contributed by atoms with Crippen molar-refractivity contribution in [1.29, 1.82) is 0 Å². The number of rotatable bonds is 8. The van der Waals surface area contributed by atoms with Crippen molar-refractivity contribution >= 4 is 34.0 Å². The van der Waals surface area contributed by atoms with Crippen LogP contribution in [0.15, 0.2) is 48.7 Å². The van der Waals surface area contributed by atoms with Gasteiger partial charge in [-0.3, -0.25) is 10.1 Å². The topological polar surface area (TPSA) is 124 Å². The summed E-state index contributed by atoms with van der Waals surface area (Å²) in [6, 6.07) is 11.8. The number of benzene rings is 2. The van der Waals surface area contributed by atoms with Gasteiger partial charge in [0, 0.05) is 30.1 Å². The number of anilines is 2. The molecule has 0 radical (unpaired) electrons. The van der Waals surface area contributed by atoms with Gasteiger partial charge in [-0.15, -0.1) is 16.4 Å². The quantitative estimate of drug-likeness (QED) is 0.371. The zero-order valence-electron chi connectivity index (χ0n) is 18.9. The van der Waals surface area contributed by atoms with E-state index in [0.717, 1.165) is 16.3 Å². The lowest BCUT2D eigenvalue weighted by Crippen LogP contribution is -2.21. The number of nitrogens with one attached hydrogen (secondary N) is 2. The minimum absolute atomic E-state index is 0.244. The number of methoxy groups -OCH3 is 1. The van der Waals surface area contributed by atoms with Gasteiger partial charge in [0.1, 0.15) is 5.75 Å². The van der Waals surface area contributed by atoms with Crippen LogP contribution in [0.5, 0.6) is 5.75 Å². The highest BCUT2D eigenvalue weighted by Gasteiger charge is 2.19. The standard InChI is InChI=1S/C23H23N7O3S/c1-14-8-10-18(17(12-14)21(31)16-6-4-5-7-19(16)33-3)25-22(32)26-23-24-13-15(34-23)9-11-20-27-28-29-30(20)2/h4-8,10,12-13H,9,11H2,1-3H3,(H2,24,25,26,32). The Morgan fingerprint density at radius 3 is 2.68 bits per heavy atom. The number of urea groups is 1. The van der Waals surface area contributed by atoms with Crippen molar-refractivity contribution < 1.29 is 14.3 Å². The third-order valence-electron chi connectivity index (χ3n) is 5.10. The van der Waals surface area contributed by atoms with E-state index in [-0.39, 0.29) is 5.78 Å². The van der Waals surface area contributed by atoms with Crippen LogP contribution in [-0.2, 0) is 19.9 Å². The summed E-state index contributed by atoms with van der Waals surface area (Å²) < 4.78 is 6.95. The second-order valence-electron chi connectivity index (χ2n) is 7.51. The largest absolute Gasteiger partial charge is 0.496 e. The van der Waals surface area contributed by atoms with E-state index in [1.807, 2.05) is 13.0 Å². The summed E-state index contributed by atoms with van der Waals surface area (Å²) in [7, 11) is 3.30. The first-order valence-electron chi connectivity index (χ1n) is 10.5. The summed E-state index contributed by atoms with van der Waals surface area (Å²) >= 11 is 1.37. The maximum atomic E-state index is 13.3. The Bertz CT molecular complexity index is 1330. The van der Waals surface area contributed by atoms with Crippen molar-refractivity contribution in [3.8, 4) is 5.75 Å². The average molecular weight is 478 g/mol. The highest BCUT2D eigenvalue weighted by atomic mass is 32.1. The lowest BCUT2D eigenvalue weighted by Gasteiger charge is -2.13. The summed E-state index contributed by atoms with van der Waals surface area (Å²) in [5.41, 5.74) is 2.08. The number of hydrogen-bond acceptors (Lipinski definition) is 8. The third kappa shape index (κ3) is 5.26. The summed E-state index contributed by atoms with van der Waals surface area (Å²) in [6.45, 7) is 1.89. The monoisotopic (exact) mass is 477 g/mol. The number of tetrazole rings is 1. The van der Waals surface area contributed by atoms with Crippen molar-refractivity contribution in [2.24, 2.45) is 7.05 Å². The molecule has 0 spiro atoms. The van der Waals surface area contributed by atoms with Crippen LogP contribution < -0.4 is 15.4 Å². The van der Waals surface area contributed by atoms with Gasteiger partial charge in [0.25, 0.3) is 0 Å². The fraction of sp³-hybridized carbons (Fsp3) is 0.217. The van der Waals surface area contributed by atoms with Gasteiger partial charge >= 0.3 is 6.03 Å². The van der Waals surface area contributed by atoms with Gasteiger partial charge in [-0.1, -0.05) is 23.8 Å². The molecule has 0 bridgehead atoms. The molecule has 2 heterocycles. The molecular weight excluding hydrogens is 454 g/mol. The molecule has 2 N–H and O–H groups in total. The maximum absolute atomic E-state index is 13.3. The summed E-state index contributed by atoms with van der Waals surface area (Å²) in [6.07, 6.45) is 3.08. The minimum Gasteiger partial charge on any atom is -0.496 e. The van der Waals surface area contributed by atoms with Crippen molar-refractivity contribution in [2.75, 3.05) is 17.7 Å². The number of ether oxygens (including phenoxy) is 1. The molecule has 2 aromatic carbocycles. The van der Waals surface area contributed by atoms with E-state index in [1.54, 1.807) is 54.3 Å². The van der Waals surface area contributed by atoms with Gasteiger partial charge in [0.05, 0.1) is 18.4 Å². The number of nitrogens with zero attached hydrogens (tertiary/aromatic N) is 5. The summed E-state index contributed by atoms with van der Waals surface area (Å²) in [4.78, 5) is 31.2. The lowest BCUT2D eigenvalue weighted by atomic mass is 9.99. The normalized spacial score (nSPS) is 10.7. The SMILES string of the molecule is COc1ccccc1C(=O)c1cc(C)ccc1NC(=O)Nc1ncc(CCc2nnnn2C)s1. The van der Waals surface area contributed by atoms with Crippen LogP contribution in [0.3, 0.4) is 0 Å². The van der Waals surface area contributed by atoms with Crippen LogP contribution >= 0.6 is 11.3 Å². The number of amides is 2. The molecular formula is C23H23N7O3S. The molecule has 0 aliphatic heterocycles. The molecule has 4 rings (SSSR count). The molecule has 0 aliphatic carbocycles. The van der Waals surface area contributed by atoms with E-state index in [1.165, 1.54) is 18.4 Å². The number of aromatic nitrogens is 5. The molecule has 10 nitrogen and oxygen atoms in total. The summed E-state index contributed by atoms with van der Waals surface area (Å²) in [5.74, 6) is 0.996. The number of para-hydroxylation sites is 1. The van der Waals surface area contributed by atoms with Crippen LogP contribution in [0, 0.1) is 6.92 Å². The molecule has 0 atom stereocenters. The van der Waals surface area contributed by atoms with Crippen LogP contribution in [0.25, 0.3) is 0 Å². The van der Waals surface area contributed by atoms with E-state index < -0.39 is 6.03 Å². The lowest BCUT2D eigenvalue weighted by molar-refractivity contribution is 0.103. The minimum atomic E-state index is -0.490. The molecule has 4 aromatic rings. The molecule has 34 heavy (non-hydrogen) atoms. The highest BCUT2D eigenvalue weighted by Crippen LogP contribution is 2.27. The fourth-order valence-corrected chi connectivity index (χ4v) is 4.17. The summed E-state index contributed by atoms with van der Waals surface area (Å²) in [5, 5.41) is 17.4. The second kappa shape index (κ2) is 10.2. The molecule has 2 amide bonds.